The van der Waals surface area contributed by atoms with Crippen LogP contribution in [0.5, 0.6) is 5.75 Å². The summed E-state index contributed by atoms with van der Waals surface area (Å²) in [5.41, 5.74) is 5.82. The lowest BCUT2D eigenvalue weighted by Crippen LogP contribution is -2.18. The van der Waals surface area contributed by atoms with Gasteiger partial charge in [-0.05, 0) is 84.4 Å². The summed E-state index contributed by atoms with van der Waals surface area (Å²) < 4.78 is 11.2. The average Bonchev–Trinajstić information content (AvgIpc) is 3.55. The van der Waals surface area contributed by atoms with Gasteiger partial charge in [-0.25, -0.2) is 4.79 Å². The summed E-state index contributed by atoms with van der Waals surface area (Å²) in [5, 5.41) is 6.92. The van der Waals surface area contributed by atoms with Crippen LogP contribution in [0.25, 0.3) is 27.8 Å². The van der Waals surface area contributed by atoms with E-state index in [2.05, 4.69) is 58.8 Å². The number of nitrogens with one attached hydrogen (secondary N) is 1. The monoisotopic (exact) mass is 557 g/mol. The van der Waals surface area contributed by atoms with Gasteiger partial charge in [-0.1, -0.05) is 60.7 Å². The zero-order valence-electron chi connectivity index (χ0n) is 23.9. The minimum Gasteiger partial charge on any atom is -0.489 e. The van der Waals surface area contributed by atoms with E-state index in [4.69, 9.17) is 14.5 Å². The largest absolute Gasteiger partial charge is 0.489 e. The summed E-state index contributed by atoms with van der Waals surface area (Å²) in [5.74, 6) is 0.497. The number of anilines is 1. The summed E-state index contributed by atoms with van der Waals surface area (Å²) in [7, 11) is 1.39. The second-order valence-electron chi connectivity index (χ2n) is 10.8. The molecule has 42 heavy (non-hydrogen) atoms. The van der Waals surface area contributed by atoms with E-state index in [1.807, 2.05) is 42.6 Å². The Kier molecular flexibility index (Phi) is 8.43. The van der Waals surface area contributed by atoms with E-state index >= 15 is 0 Å². The Hall–Kier alpha value is -4.68. The number of benzene rings is 4. The van der Waals surface area contributed by atoms with Crippen molar-refractivity contribution in [2.45, 2.75) is 19.4 Å². The number of methoxy groups -OCH3 is 1. The molecule has 1 N–H and O–H groups in total. The Balaban J connectivity index is 1.22. The van der Waals surface area contributed by atoms with Crippen molar-refractivity contribution >= 4 is 39.4 Å². The highest BCUT2D eigenvalue weighted by Crippen LogP contribution is 2.26. The fourth-order valence-electron chi connectivity index (χ4n) is 5.50. The van der Waals surface area contributed by atoms with Gasteiger partial charge in [0.15, 0.2) is 0 Å². The molecule has 6 nitrogen and oxygen atoms in total. The van der Waals surface area contributed by atoms with Crippen LogP contribution in [-0.4, -0.2) is 49.2 Å². The second-order valence-corrected chi connectivity index (χ2v) is 10.8. The summed E-state index contributed by atoms with van der Waals surface area (Å²) >= 11 is 0. The molecular formula is C36H35N3O3. The SMILES string of the molecule is COC(=O)c1ccc(C=C(CNc2cnc3ccc(CN4CCCC4)cc3c2)COc2cccc3ccccc23)cc1. The van der Waals surface area contributed by atoms with Crippen molar-refractivity contribution in [2.75, 3.05) is 38.7 Å². The quantitative estimate of drug-likeness (QED) is 0.181. The van der Waals surface area contributed by atoms with Gasteiger partial charge in [0.25, 0.3) is 0 Å². The third-order valence-corrected chi connectivity index (χ3v) is 7.74. The molecule has 1 saturated heterocycles. The molecule has 5 aromatic rings. The zero-order valence-corrected chi connectivity index (χ0v) is 23.9. The number of rotatable bonds is 10. The van der Waals surface area contributed by atoms with Crippen LogP contribution >= 0.6 is 0 Å². The van der Waals surface area contributed by atoms with Crippen LogP contribution < -0.4 is 10.1 Å². The molecule has 6 rings (SSSR count). The molecule has 0 saturated carbocycles. The van der Waals surface area contributed by atoms with Crippen molar-refractivity contribution in [1.82, 2.24) is 9.88 Å². The van der Waals surface area contributed by atoms with Crippen molar-refractivity contribution in [3.63, 3.8) is 0 Å². The predicted molar refractivity (Wildman–Crippen MR) is 170 cm³/mol. The van der Waals surface area contributed by atoms with Crippen LogP contribution in [0.4, 0.5) is 5.69 Å². The zero-order chi connectivity index (χ0) is 28.7. The van der Waals surface area contributed by atoms with Gasteiger partial charge in [-0.15, -0.1) is 0 Å². The number of esters is 1. The standard InChI is InChI=1S/C36H35N3O3/c1-41-36(40)30-14-11-26(12-15-30)19-28(25-42-35-10-6-8-29-7-2-3-9-33(29)35)22-37-32-21-31-20-27(13-16-34(31)38-23-32)24-39-17-4-5-18-39/h2-3,6-16,19-21,23,37H,4-5,17-18,22,24-25H2,1H3. The van der Waals surface area contributed by atoms with Crippen LogP contribution in [-0.2, 0) is 11.3 Å². The second kappa shape index (κ2) is 12.9. The molecule has 0 atom stereocenters. The minimum absolute atomic E-state index is 0.348. The van der Waals surface area contributed by atoms with Crippen molar-refractivity contribution in [1.29, 1.82) is 0 Å². The number of fused-ring (bicyclic) bond motifs is 2. The van der Waals surface area contributed by atoms with Crippen LogP contribution in [0.1, 0.15) is 34.3 Å². The van der Waals surface area contributed by atoms with Crippen LogP contribution in [0.15, 0.2) is 103 Å². The topological polar surface area (TPSA) is 63.7 Å². The molecule has 1 fully saturated rings. The lowest BCUT2D eigenvalue weighted by atomic mass is 10.1. The van der Waals surface area contributed by atoms with E-state index in [1.165, 1.54) is 38.6 Å². The summed E-state index contributed by atoms with van der Waals surface area (Å²) in [6.07, 6.45) is 6.57. The molecule has 2 heterocycles. The summed E-state index contributed by atoms with van der Waals surface area (Å²) in [6, 6.07) is 30.5. The van der Waals surface area contributed by atoms with Gasteiger partial charge in [0, 0.05) is 23.9 Å². The molecule has 4 aromatic carbocycles. The Labute approximate surface area is 246 Å². The van der Waals surface area contributed by atoms with E-state index in [1.54, 1.807) is 12.1 Å². The normalized spacial score (nSPS) is 13.9. The number of aromatic nitrogens is 1. The highest BCUT2D eigenvalue weighted by Gasteiger charge is 2.12. The van der Waals surface area contributed by atoms with E-state index in [0.717, 1.165) is 50.8 Å². The molecule has 0 aliphatic carbocycles. The highest BCUT2D eigenvalue weighted by atomic mass is 16.5. The van der Waals surface area contributed by atoms with E-state index in [0.29, 0.717) is 18.7 Å². The van der Waals surface area contributed by atoms with Gasteiger partial charge in [0.05, 0.1) is 30.1 Å². The molecule has 1 aromatic heterocycles. The maximum Gasteiger partial charge on any atom is 0.337 e. The predicted octanol–water partition coefficient (Wildman–Crippen LogP) is 7.34. The third kappa shape index (κ3) is 6.61. The molecule has 0 spiro atoms. The Morgan fingerprint density at radius 1 is 0.929 bits per heavy atom. The first kappa shape index (κ1) is 27.5. The molecule has 1 aliphatic rings. The van der Waals surface area contributed by atoms with Gasteiger partial charge in [-0.3, -0.25) is 9.88 Å². The van der Waals surface area contributed by atoms with Gasteiger partial charge >= 0.3 is 5.97 Å². The van der Waals surface area contributed by atoms with Gasteiger partial charge in [-0.2, -0.15) is 0 Å². The molecular weight excluding hydrogens is 522 g/mol. The third-order valence-electron chi connectivity index (χ3n) is 7.74. The molecule has 212 valence electrons. The number of hydrogen-bond acceptors (Lipinski definition) is 6. The number of pyridine rings is 1. The summed E-state index contributed by atoms with van der Waals surface area (Å²) in [4.78, 5) is 19.1. The Morgan fingerprint density at radius 3 is 2.57 bits per heavy atom. The molecule has 6 heteroatoms. The van der Waals surface area contributed by atoms with Crippen molar-refractivity contribution < 1.29 is 14.3 Å². The summed E-state index contributed by atoms with van der Waals surface area (Å²) in [6.45, 7) is 4.32. The van der Waals surface area contributed by atoms with Crippen LogP contribution in [0.3, 0.4) is 0 Å². The van der Waals surface area contributed by atoms with Crippen molar-refractivity contribution in [3.05, 3.63) is 119 Å². The minimum atomic E-state index is -0.348. The first-order chi connectivity index (χ1) is 20.6. The first-order valence-corrected chi connectivity index (χ1v) is 14.5. The number of carbonyl (C=O) groups is 1. The smallest absolute Gasteiger partial charge is 0.337 e. The lowest BCUT2D eigenvalue weighted by molar-refractivity contribution is 0.0600. The average molecular weight is 558 g/mol. The van der Waals surface area contributed by atoms with Gasteiger partial charge in [0.2, 0.25) is 0 Å². The number of ether oxygens (including phenoxy) is 2. The van der Waals surface area contributed by atoms with Crippen LogP contribution in [0.2, 0.25) is 0 Å². The number of hydrogen-bond donors (Lipinski definition) is 1. The van der Waals surface area contributed by atoms with E-state index in [9.17, 15) is 4.79 Å². The van der Waals surface area contributed by atoms with Crippen molar-refractivity contribution in [3.8, 4) is 5.75 Å². The van der Waals surface area contributed by atoms with E-state index < -0.39 is 0 Å². The molecule has 1 aliphatic heterocycles. The Morgan fingerprint density at radius 2 is 1.74 bits per heavy atom. The number of nitrogens with zero attached hydrogens (tertiary/aromatic N) is 2. The van der Waals surface area contributed by atoms with Crippen LogP contribution in [0, 0.1) is 0 Å². The van der Waals surface area contributed by atoms with Gasteiger partial charge in [0.1, 0.15) is 12.4 Å². The lowest BCUT2D eigenvalue weighted by Gasteiger charge is -2.15. The fourth-order valence-corrected chi connectivity index (χ4v) is 5.50. The number of carbonyl (C=O) groups excluding carboxylic acids is 1. The van der Waals surface area contributed by atoms with E-state index in [-0.39, 0.29) is 5.97 Å². The molecule has 0 amide bonds. The number of likely N-dealkylation sites (tertiary alicyclic amines) is 1. The highest BCUT2D eigenvalue weighted by molar-refractivity contribution is 5.90. The van der Waals surface area contributed by atoms with Gasteiger partial charge < -0.3 is 14.8 Å². The Bertz CT molecular complexity index is 1720. The maximum absolute atomic E-state index is 11.9. The molecule has 0 radical (unpaired) electrons. The fraction of sp³-hybridized carbons (Fsp3) is 0.222. The molecule has 0 bridgehead atoms. The first-order valence-electron chi connectivity index (χ1n) is 14.5. The van der Waals surface area contributed by atoms with Crippen molar-refractivity contribution in [2.24, 2.45) is 0 Å². The maximum atomic E-state index is 11.9. The molecule has 0 unspecified atom stereocenters.